The first-order chi connectivity index (χ1) is 10.1. The predicted octanol–water partition coefficient (Wildman–Crippen LogP) is 0.840. The van der Waals surface area contributed by atoms with Crippen LogP contribution in [-0.2, 0) is 0 Å². The minimum absolute atomic E-state index is 0.128. The Balaban J connectivity index is 1.78. The van der Waals surface area contributed by atoms with Crippen LogP contribution in [0.3, 0.4) is 0 Å². The molecule has 3 rings (SSSR count). The molecule has 1 fully saturated rings. The standard InChI is InChI=1S/C14H16FN5O/c1-10-9-19(7-6-16-10)14(21)13-8-17-20(18-13)12-4-2-11(15)3-5-12/h2-5,8,10,16H,6-7,9H2,1H3. The molecule has 0 bridgehead atoms. The van der Waals surface area contributed by atoms with Gasteiger partial charge in [0.25, 0.3) is 5.91 Å². The fraction of sp³-hybridized carbons (Fsp3) is 0.357. The van der Waals surface area contributed by atoms with E-state index in [1.165, 1.54) is 23.1 Å². The SMILES string of the molecule is CC1CN(C(=O)c2cnn(-c3ccc(F)cc3)n2)CCN1. The lowest BCUT2D eigenvalue weighted by Gasteiger charge is -2.31. The van der Waals surface area contributed by atoms with Gasteiger partial charge in [-0.1, -0.05) is 0 Å². The van der Waals surface area contributed by atoms with Crippen molar-refractivity contribution < 1.29 is 9.18 Å². The summed E-state index contributed by atoms with van der Waals surface area (Å²) in [5.41, 5.74) is 0.914. The number of nitrogens with zero attached hydrogens (tertiary/aromatic N) is 4. The largest absolute Gasteiger partial charge is 0.334 e. The smallest absolute Gasteiger partial charge is 0.276 e. The van der Waals surface area contributed by atoms with E-state index in [9.17, 15) is 9.18 Å². The number of nitrogens with one attached hydrogen (secondary N) is 1. The maximum atomic E-state index is 12.9. The Hall–Kier alpha value is -2.28. The second-order valence-corrected chi connectivity index (χ2v) is 5.10. The average molecular weight is 289 g/mol. The second-order valence-electron chi connectivity index (χ2n) is 5.10. The fourth-order valence-corrected chi connectivity index (χ4v) is 2.34. The zero-order chi connectivity index (χ0) is 14.8. The highest BCUT2D eigenvalue weighted by atomic mass is 19.1. The minimum Gasteiger partial charge on any atom is -0.334 e. The molecule has 7 heteroatoms. The van der Waals surface area contributed by atoms with Crippen molar-refractivity contribution in [3.8, 4) is 5.69 Å². The minimum atomic E-state index is -0.322. The molecule has 1 saturated heterocycles. The lowest BCUT2D eigenvalue weighted by atomic mass is 10.2. The van der Waals surface area contributed by atoms with Gasteiger partial charge in [-0.15, -0.1) is 5.10 Å². The summed E-state index contributed by atoms with van der Waals surface area (Å²) in [5.74, 6) is -0.450. The molecular formula is C14H16FN5O. The number of piperazine rings is 1. The van der Waals surface area contributed by atoms with Crippen LogP contribution in [0, 0.1) is 5.82 Å². The third kappa shape index (κ3) is 2.92. The number of carbonyl (C=O) groups is 1. The number of halogens is 1. The van der Waals surface area contributed by atoms with Gasteiger partial charge in [0.05, 0.1) is 11.9 Å². The molecule has 2 heterocycles. The van der Waals surface area contributed by atoms with Crippen molar-refractivity contribution in [2.45, 2.75) is 13.0 Å². The van der Waals surface area contributed by atoms with Crippen molar-refractivity contribution in [3.63, 3.8) is 0 Å². The van der Waals surface area contributed by atoms with E-state index < -0.39 is 0 Å². The summed E-state index contributed by atoms with van der Waals surface area (Å²) in [5, 5.41) is 11.5. The number of amides is 1. The summed E-state index contributed by atoms with van der Waals surface area (Å²) in [6, 6.07) is 6.07. The second kappa shape index (κ2) is 5.61. The predicted molar refractivity (Wildman–Crippen MR) is 74.7 cm³/mol. The lowest BCUT2D eigenvalue weighted by Crippen LogP contribution is -2.51. The van der Waals surface area contributed by atoms with Crippen LogP contribution in [0.2, 0.25) is 0 Å². The van der Waals surface area contributed by atoms with Gasteiger partial charge in [0, 0.05) is 25.7 Å². The molecule has 1 aromatic heterocycles. The molecule has 0 aliphatic carbocycles. The van der Waals surface area contributed by atoms with Gasteiger partial charge in [-0.3, -0.25) is 4.79 Å². The van der Waals surface area contributed by atoms with Gasteiger partial charge in [0.15, 0.2) is 5.69 Å². The molecule has 1 N–H and O–H groups in total. The Morgan fingerprint density at radius 3 is 2.86 bits per heavy atom. The van der Waals surface area contributed by atoms with Crippen LogP contribution in [-0.4, -0.2) is 51.5 Å². The van der Waals surface area contributed by atoms with Crippen LogP contribution in [0.1, 0.15) is 17.4 Å². The van der Waals surface area contributed by atoms with Crippen molar-refractivity contribution in [3.05, 3.63) is 42.0 Å². The maximum absolute atomic E-state index is 12.9. The molecule has 2 aromatic rings. The highest BCUT2D eigenvalue weighted by Crippen LogP contribution is 2.09. The van der Waals surface area contributed by atoms with Crippen LogP contribution in [0.5, 0.6) is 0 Å². The molecule has 1 unspecified atom stereocenters. The number of aromatic nitrogens is 3. The zero-order valence-electron chi connectivity index (χ0n) is 11.7. The maximum Gasteiger partial charge on any atom is 0.276 e. The quantitative estimate of drug-likeness (QED) is 0.890. The van der Waals surface area contributed by atoms with E-state index >= 15 is 0 Å². The first kappa shape index (κ1) is 13.7. The summed E-state index contributed by atoms with van der Waals surface area (Å²) in [6.45, 7) is 4.13. The van der Waals surface area contributed by atoms with Crippen LogP contribution < -0.4 is 5.32 Å². The Bertz CT molecular complexity index is 639. The number of benzene rings is 1. The first-order valence-electron chi connectivity index (χ1n) is 6.84. The molecule has 1 atom stereocenters. The van der Waals surface area contributed by atoms with Crippen LogP contribution in [0.4, 0.5) is 4.39 Å². The van der Waals surface area contributed by atoms with E-state index in [4.69, 9.17) is 0 Å². The summed E-state index contributed by atoms with van der Waals surface area (Å²) in [4.78, 5) is 15.5. The normalized spacial score (nSPS) is 18.8. The third-order valence-electron chi connectivity index (χ3n) is 3.42. The number of rotatable bonds is 2. The molecule has 1 aromatic carbocycles. The molecule has 1 aliphatic heterocycles. The van der Waals surface area contributed by atoms with Gasteiger partial charge in [-0.2, -0.15) is 9.90 Å². The summed E-state index contributed by atoms with van der Waals surface area (Å²) < 4.78 is 12.9. The van der Waals surface area contributed by atoms with E-state index in [0.717, 1.165) is 6.54 Å². The van der Waals surface area contributed by atoms with Crippen LogP contribution in [0.15, 0.2) is 30.5 Å². The van der Waals surface area contributed by atoms with Gasteiger partial charge >= 0.3 is 0 Å². The van der Waals surface area contributed by atoms with Crippen LogP contribution in [0.25, 0.3) is 5.69 Å². The van der Waals surface area contributed by atoms with E-state index in [-0.39, 0.29) is 17.8 Å². The van der Waals surface area contributed by atoms with Gasteiger partial charge in [0.1, 0.15) is 5.82 Å². The van der Waals surface area contributed by atoms with Crippen molar-refractivity contribution in [1.82, 2.24) is 25.2 Å². The molecule has 0 saturated carbocycles. The number of carbonyl (C=O) groups excluding carboxylic acids is 1. The average Bonchev–Trinajstić information content (AvgIpc) is 2.97. The summed E-state index contributed by atoms with van der Waals surface area (Å²) >= 11 is 0. The Morgan fingerprint density at radius 1 is 1.38 bits per heavy atom. The number of hydrogen-bond donors (Lipinski definition) is 1. The molecule has 6 nitrogen and oxygen atoms in total. The van der Waals surface area contributed by atoms with E-state index in [2.05, 4.69) is 15.5 Å². The third-order valence-corrected chi connectivity index (χ3v) is 3.42. The van der Waals surface area contributed by atoms with Crippen molar-refractivity contribution >= 4 is 5.91 Å². The van der Waals surface area contributed by atoms with Gasteiger partial charge in [0.2, 0.25) is 0 Å². The molecule has 0 radical (unpaired) electrons. The molecule has 0 spiro atoms. The monoisotopic (exact) mass is 289 g/mol. The zero-order valence-corrected chi connectivity index (χ0v) is 11.7. The van der Waals surface area contributed by atoms with E-state index in [1.54, 1.807) is 17.0 Å². The van der Waals surface area contributed by atoms with Gasteiger partial charge in [-0.05, 0) is 31.2 Å². The Kier molecular flexibility index (Phi) is 3.66. The Labute approximate surface area is 121 Å². The van der Waals surface area contributed by atoms with Crippen molar-refractivity contribution in [2.24, 2.45) is 0 Å². The Morgan fingerprint density at radius 2 is 2.14 bits per heavy atom. The van der Waals surface area contributed by atoms with Crippen molar-refractivity contribution in [1.29, 1.82) is 0 Å². The first-order valence-corrected chi connectivity index (χ1v) is 6.84. The van der Waals surface area contributed by atoms with Crippen molar-refractivity contribution in [2.75, 3.05) is 19.6 Å². The molecular weight excluding hydrogens is 273 g/mol. The lowest BCUT2D eigenvalue weighted by molar-refractivity contribution is 0.0702. The van der Waals surface area contributed by atoms with E-state index in [0.29, 0.717) is 24.5 Å². The molecule has 1 aliphatic rings. The highest BCUT2D eigenvalue weighted by molar-refractivity contribution is 5.92. The van der Waals surface area contributed by atoms with E-state index in [1.807, 2.05) is 6.92 Å². The molecule has 110 valence electrons. The summed E-state index contributed by atoms with van der Waals surface area (Å²) in [6.07, 6.45) is 1.44. The molecule has 21 heavy (non-hydrogen) atoms. The number of hydrogen-bond acceptors (Lipinski definition) is 4. The van der Waals surface area contributed by atoms with Gasteiger partial charge in [-0.25, -0.2) is 4.39 Å². The highest BCUT2D eigenvalue weighted by Gasteiger charge is 2.23. The summed E-state index contributed by atoms with van der Waals surface area (Å²) in [7, 11) is 0. The molecule has 1 amide bonds. The topological polar surface area (TPSA) is 63.1 Å². The fourth-order valence-electron chi connectivity index (χ4n) is 2.34. The van der Waals surface area contributed by atoms with Gasteiger partial charge < -0.3 is 10.2 Å². The van der Waals surface area contributed by atoms with Crippen LogP contribution >= 0.6 is 0 Å².